The Morgan fingerprint density at radius 3 is 2.50 bits per heavy atom. The molecule has 32 heavy (non-hydrogen) atoms. The molecule has 2 aromatic rings. The zero-order valence-corrected chi connectivity index (χ0v) is 16.0. The van der Waals surface area contributed by atoms with E-state index in [1.54, 1.807) is 0 Å². The van der Waals surface area contributed by atoms with Crippen molar-refractivity contribution in [2.75, 3.05) is 11.9 Å². The Kier molecular flexibility index (Phi) is 5.21. The Morgan fingerprint density at radius 1 is 1.09 bits per heavy atom. The highest BCUT2D eigenvalue weighted by molar-refractivity contribution is 5.89. The number of alkyl halides is 6. The molecular formula is C19H14F6N4O3. The van der Waals surface area contributed by atoms with Crippen LogP contribution >= 0.6 is 0 Å². The fourth-order valence-corrected chi connectivity index (χ4v) is 3.68. The Hall–Kier alpha value is -3.38. The fraction of sp³-hybridized carbons (Fsp3) is 0.368. The lowest BCUT2D eigenvalue weighted by Crippen LogP contribution is -2.34. The zero-order valence-electron chi connectivity index (χ0n) is 16.0. The van der Waals surface area contributed by atoms with Crippen LogP contribution in [0, 0.1) is 0 Å². The molecule has 4 heterocycles. The number of hydrogen-bond donors (Lipinski definition) is 2. The minimum atomic E-state index is -5.05. The monoisotopic (exact) mass is 460 g/mol. The number of anilines is 1. The van der Waals surface area contributed by atoms with Gasteiger partial charge in [0.1, 0.15) is 5.82 Å². The summed E-state index contributed by atoms with van der Waals surface area (Å²) in [6.07, 6.45) is -12.7. The molecule has 7 nitrogen and oxygen atoms in total. The van der Waals surface area contributed by atoms with Crippen LogP contribution in [0.15, 0.2) is 24.4 Å². The van der Waals surface area contributed by atoms with Crippen LogP contribution in [0.4, 0.5) is 37.0 Å². The molecule has 4 rings (SSSR count). The van der Waals surface area contributed by atoms with Gasteiger partial charge in [-0.05, 0) is 24.6 Å². The molecule has 2 aromatic heterocycles. The zero-order chi connectivity index (χ0) is 23.3. The molecule has 0 saturated carbocycles. The number of rotatable bonds is 2. The summed E-state index contributed by atoms with van der Waals surface area (Å²) in [5.41, 5.74) is -2.59. The molecule has 1 fully saturated rings. The first kappa shape index (κ1) is 21.8. The molecular weight excluding hydrogens is 446 g/mol. The van der Waals surface area contributed by atoms with E-state index in [4.69, 9.17) is 0 Å². The number of amides is 2. The van der Waals surface area contributed by atoms with E-state index in [1.807, 2.05) is 5.32 Å². The van der Waals surface area contributed by atoms with Crippen LogP contribution in [0.1, 0.15) is 41.7 Å². The van der Waals surface area contributed by atoms with Gasteiger partial charge in [0.15, 0.2) is 0 Å². The van der Waals surface area contributed by atoms with Gasteiger partial charge in [-0.25, -0.2) is 9.78 Å². The van der Waals surface area contributed by atoms with Crippen molar-refractivity contribution in [2.45, 2.75) is 37.2 Å². The number of nitrogens with one attached hydrogen (secondary N) is 2. The summed E-state index contributed by atoms with van der Waals surface area (Å²) < 4.78 is 85.9. The summed E-state index contributed by atoms with van der Waals surface area (Å²) in [6.45, 7) is 0.234. The van der Waals surface area contributed by atoms with Crippen molar-refractivity contribution in [3.05, 3.63) is 41.2 Å². The van der Waals surface area contributed by atoms with Gasteiger partial charge in [-0.1, -0.05) is 0 Å². The Balaban J connectivity index is 1.91. The van der Waals surface area contributed by atoms with E-state index in [9.17, 15) is 35.9 Å². The van der Waals surface area contributed by atoms with Gasteiger partial charge in [-0.15, -0.1) is 0 Å². The van der Waals surface area contributed by atoms with Crippen molar-refractivity contribution in [3.63, 3.8) is 0 Å². The molecule has 0 aliphatic carbocycles. The van der Waals surface area contributed by atoms with E-state index in [0.717, 1.165) is 18.3 Å². The van der Waals surface area contributed by atoms with E-state index in [-0.39, 0.29) is 30.1 Å². The second-order valence-electron chi connectivity index (χ2n) is 7.28. The number of piperidine rings is 1. The lowest BCUT2D eigenvalue weighted by Gasteiger charge is -2.29. The molecule has 0 spiro atoms. The van der Waals surface area contributed by atoms with E-state index < -0.39 is 53.1 Å². The van der Waals surface area contributed by atoms with Crippen LogP contribution in [0.5, 0.6) is 0 Å². The topological polar surface area (TPSA) is 93.2 Å². The minimum Gasteiger partial charge on any atom is -0.431 e. The van der Waals surface area contributed by atoms with Crippen molar-refractivity contribution in [3.8, 4) is 11.3 Å². The van der Waals surface area contributed by atoms with Gasteiger partial charge in [0.05, 0.1) is 16.8 Å². The fourth-order valence-electron chi connectivity index (χ4n) is 3.68. The van der Waals surface area contributed by atoms with Crippen LogP contribution in [0.2, 0.25) is 0 Å². The van der Waals surface area contributed by atoms with Crippen molar-refractivity contribution < 1.29 is 40.7 Å². The number of nitrogens with zero attached hydrogens (tertiary/aromatic N) is 2. The lowest BCUT2D eigenvalue weighted by atomic mass is 9.91. The van der Waals surface area contributed by atoms with Crippen LogP contribution in [-0.2, 0) is 15.7 Å². The van der Waals surface area contributed by atoms with Gasteiger partial charge in [-0.3, -0.25) is 15.1 Å². The first-order chi connectivity index (χ1) is 14.9. The molecule has 170 valence electrons. The van der Waals surface area contributed by atoms with E-state index >= 15 is 0 Å². The predicted octanol–water partition coefficient (Wildman–Crippen LogP) is 4.32. The van der Waals surface area contributed by atoms with Gasteiger partial charge in [0.2, 0.25) is 12.0 Å². The summed E-state index contributed by atoms with van der Waals surface area (Å²) in [4.78, 5) is 31.1. The second-order valence-corrected chi connectivity index (χ2v) is 7.28. The third-order valence-corrected chi connectivity index (χ3v) is 5.11. The normalized spacial score (nSPS) is 21.3. The molecule has 0 radical (unpaired) electrons. The molecule has 1 saturated heterocycles. The summed E-state index contributed by atoms with van der Waals surface area (Å²) >= 11 is 0. The summed E-state index contributed by atoms with van der Waals surface area (Å²) in [7, 11) is 0. The maximum absolute atomic E-state index is 13.6. The first-order valence-corrected chi connectivity index (χ1v) is 9.33. The highest BCUT2D eigenvalue weighted by Gasteiger charge is 2.49. The maximum Gasteiger partial charge on any atom is 0.430 e. The highest BCUT2D eigenvalue weighted by Crippen LogP contribution is 2.46. The number of carbonyl (C=O) groups is 2. The predicted molar refractivity (Wildman–Crippen MR) is 96.4 cm³/mol. The van der Waals surface area contributed by atoms with Crippen LogP contribution in [0.3, 0.4) is 0 Å². The van der Waals surface area contributed by atoms with E-state index in [2.05, 4.69) is 20.0 Å². The van der Waals surface area contributed by atoms with Gasteiger partial charge in [0.25, 0.3) is 0 Å². The van der Waals surface area contributed by atoms with Crippen molar-refractivity contribution in [2.24, 2.45) is 0 Å². The number of halogens is 6. The standard InChI is InChI=1S/C19H14F6N4O3/c20-18(21,22)9-6-11(8-1-3-26-13(30)5-8)28-12(7-9)10-2-4-27-16-14(10)15(19(23,24)25)32-17(31)29-16/h2,4,6-8,15H,1,3,5H2,(H,26,30)(H,27,29,31)/t8?,15-/m1/s1. The lowest BCUT2D eigenvalue weighted by molar-refractivity contribution is -0.206. The minimum absolute atomic E-state index is 0.0699. The largest absolute Gasteiger partial charge is 0.431 e. The third kappa shape index (κ3) is 4.18. The Morgan fingerprint density at radius 2 is 1.84 bits per heavy atom. The number of cyclic esters (lactones) is 1. The average molecular weight is 460 g/mol. The van der Waals surface area contributed by atoms with Crippen LogP contribution < -0.4 is 10.6 Å². The smallest absolute Gasteiger partial charge is 0.430 e. The molecule has 2 N–H and O–H groups in total. The molecule has 1 unspecified atom stereocenters. The van der Waals surface area contributed by atoms with Crippen LogP contribution in [-0.4, -0.2) is 34.7 Å². The number of hydrogen-bond acceptors (Lipinski definition) is 5. The maximum atomic E-state index is 13.6. The quantitative estimate of drug-likeness (QED) is 0.652. The number of carbonyl (C=O) groups excluding carboxylic acids is 2. The first-order valence-electron chi connectivity index (χ1n) is 9.33. The van der Waals surface area contributed by atoms with Crippen molar-refractivity contribution >= 4 is 17.8 Å². The second kappa shape index (κ2) is 7.64. The van der Waals surface area contributed by atoms with Crippen molar-refractivity contribution in [1.29, 1.82) is 0 Å². The number of fused-ring (bicyclic) bond motifs is 1. The Labute approximate surface area is 176 Å². The molecule has 2 amide bonds. The van der Waals surface area contributed by atoms with Crippen molar-refractivity contribution in [1.82, 2.24) is 15.3 Å². The molecule has 13 heteroatoms. The van der Waals surface area contributed by atoms with E-state index in [1.165, 1.54) is 0 Å². The van der Waals surface area contributed by atoms with Gasteiger partial charge in [-0.2, -0.15) is 26.3 Å². The highest BCUT2D eigenvalue weighted by atomic mass is 19.4. The average Bonchev–Trinajstić information content (AvgIpc) is 2.71. The number of ether oxygens (including phenoxy) is 1. The molecule has 0 bridgehead atoms. The van der Waals surface area contributed by atoms with Gasteiger partial charge < -0.3 is 10.1 Å². The summed E-state index contributed by atoms with van der Waals surface area (Å²) in [5.74, 6) is -1.49. The number of pyridine rings is 2. The summed E-state index contributed by atoms with van der Waals surface area (Å²) in [5, 5.41) is 4.59. The van der Waals surface area contributed by atoms with E-state index in [0.29, 0.717) is 12.5 Å². The third-order valence-electron chi connectivity index (χ3n) is 5.11. The SMILES string of the molecule is O=C1CC(c2cc(C(F)(F)F)cc(-c3ccnc4c3[C@H](C(F)(F)F)OC(=O)N4)n2)CCN1. The molecule has 2 atom stereocenters. The number of aromatic nitrogens is 2. The van der Waals surface area contributed by atoms with Gasteiger partial charge >= 0.3 is 18.4 Å². The van der Waals surface area contributed by atoms with Crippen LogP contribution in [0.25, 0.3) is 11.3 Å². The molecule has 2 aliphatic rings. The molecule has 0 aromatic carbocycles. The summed E-state index contributed by atoms with van der Waals surface area (Å²) in [6, 6.07) is 2.48. The molecule has 2 aliphatic heterocycles. The van der Waals surface area contributed by atoms with Gasteiger partial charge in [0, 0.05) is 36.3 Å². The Bertz CT molecular complexity index is 1090.